The quantitative estimate of drug-likeness (QED) is 0.0607. The lowest BCUT2D eigenvalue weighted by molar-refractivity contribution is -0.272. The Morgan fingerprint density at radius 2 is 1.24 bits per heavy atom. The predicted molar refractivity (Wildman–Crippen MR) is 176 cm³/mol. The van der Waals surface area contributed by atoms with Crippen LogP contribution in [-0.2, 0) is 63.6 Å². The second-order valence-electron chi connectivity index (χ2n) is 11.3. The molecule has 1 saturated heterocycles. The Balaban J connectivity index is 1.30. The number of ether oxygens (including phenoxy) is 9. The van der Waals surface area contributed by atoms with Crippen LogP contribution >= 0.6 is 0 Å². The molecule has 5 unspecified atom stereocenters. The minimum Gasteiger partial charge on any atom is -0.461 e. The predicted octanol–water partition coefficient (Wildman–Crippen LogP) is -0.0808. The minimum atomic E-state index is -1.38. The van der Waals surface area contributed by atoms with Crippen LogP contribution in [-0.4, -0.2) is 156 Å². The molecule has 0 spiro atoms. The Morgan fingerprint density at radius 1 is 0.700 bits per heavy atom. The fraction of sp³-hybridized carbons (Fsp3) is 0.735. The maximum absolute atomic E-state index is 12.1. The Bertz CT molecular complexity index is 1030. The van der Waals surface area contributed by atoms with Gasteiger partial charge >= 0.3 is 5.97 Å². The van der Waals surface area contributed by atoms with Crippen molar-refractivity contribution < 1.29 is 72.3 Å². The van der Waals surface area contributed by atoms with Gasteiger partial charge in [0, 0.05) is 26.4 Å². The molecule has 1 amide bonds. The van der Waals surface area contributed by atoms with Gasteiger partial charge in [-0.1, -0.05) is 30.3 Å². The number of carbonyl (C=O) groups excluding carboxylic acids is 3. The molecule has 16 nitrogen and oxygen atoms in total. The van der Waals surface area contributed by atoms with E-state index in [4.69, 9.17) is 42.6 Å². The standard InChI is InChI=1S/C34H55NO15/c1-26(37)35-31-33(41)32(40)29(24-36)50-34(31)48-23-22-42-11-5-8-28(38)9-12-43-14-16-45-18-20-47-21-19-46-17-15-44-13-10-30(39)49-25-27-6-3-2-4-7-27/h2-4,6-7,29,31-34,36,40-41H,5,8-25H2,1H3,(H,35,37). The lowest BCUT2D eigenvalue weighted by Gasteiger charge is -2.42. The van der Waals surface area contributed by atoms with E-state index in [0.29, 0.717) is 85.3 Å². The third kappa shape index (κ3) is 20.3. The van der Waals surface area contributed by atoms with Crippen LogP contribution in [0.15, 0.2) is 30.3 Å². The van der Waals surface area contributed by atoms with Crippen LogP contribution in [0.25, 0.3) is 0 Å². The highest BCUT2D eigenvalue weighted by Gasteiger charge is 2.45. The highest BCUT2D eigenvalue weighted by molar-refractivity contribution is 5.78. The Labute approximate surface area is 293 Å². The first-order valence-electron chi connectivity index (χ1n) is 17.0. The number of hydrogen-bond donors (Lipinski definition) is 4. The number of carbonyl (C=O) groups is 3. The van der Waals surface area contributed by atoms with Crippen molar-refractivity contribution in [1.29, 1.82) is 0 Å². The molecule has 5 atom stereocenters. The van der Waals surface area contributed by atoms with Crippen LogP contribution in [0.1, 0.15) is 38.2 Å². The molecule has 0 radical (unpaired) electrons. The highest BCUT2D eigenvalue weighted by atomic mass is 16.7. The van der Waals surface area contributed by atoms with Crippen molar-refractivity contribution in [3.63, 3.8) is 0 Å². The molecular weight excluding hydrogens is 662 g/mol. The second-order valence-corrected chi connectivity index (χ2v) is 11.3. The Hall–Kier alpha value is -2.61. The zero-order valence-electron chi connectivity index (χ0n) is 28.9. The first kappa shape index (κ1) is 43.6. The summed E-state index contributed by atoms with van der Waals surface area (Å²) in [7, 11) is 0. The molecular formula is C34H55NO15. The molecule has 1 aromatic carbocycles. The lowest BCUT2D eigenvalue weighted by atomic mass is 9.97. The highest BCUT2D eigenvalue weighted by Crippen LogP contribution is 2.22. The van der Waals surface area contributed by atoms with Crippen molar-refractivity contribution in [2.75, 3.05) is 92.5 Å². The van der Waals surface area contributed by atoms with Crippen molar-refractivity contribution in [1.82, 2.24) is 5.32 Å². The van der Waals surface area contributed by atoms with Gasteiger partial charge in [-0.15, -0.1) is 0 Å². The molecule has 1 fully saturated rings. The van der Waals surface area contributed by atoms with Gasteiger partial charge < -0.3 is 63.3 Å². The van der Waals surface area contributed by atoms with Crippen molar-refractivity contribution >= 4 is 17.7 Å². The summed E-state index contributed by atoms with van der Waals surface area (Å²) in [6, 6.07) is 8.48. The van der Waals surface area contributed by atoms with Crippen molar-refractivity contribution in [2.45, 2.75) is 69.9 Å². The lowest BCUT2D eigenvalue weighted by Crippen LogP contribution is -2.64. The van der Waals surface area contributed by atoms with Gasteiger partial charge in [-0.3, -0.25) is 14.4 Å². The zero-order valence-corrected chi connectivity index (χ0v) is 28.9. The Kier molecular flexibility index (Phi) is 24.4. The number of aliphatic hydroxyl groups is 3. The summed E-state index contributed by atoms with van der Waals surface area (Å²) in [6.45, 7) is 5.36. The average Bonchev–Trinajstić information content (AvgIpc) is 3.11. The van der Waals surface area contributed by atoms with Crippen molar-refractivity contribution in [2.24, 2.45) is 0 Å². The number of rotatable bonds is 30. The molecule has 0 aromatic heterocycles. The number of Topliss-reactive ketones (excluding diaryl/α,β-unsaturated/α-hetero) is 1. The SMILES string of the molecule is CC(=O)NC1C(OCCOCCCC(=O)CCOCCOCCOCCOCCOCCC(=O)OCc2ccccc2)OC(CO)C(O)C1O. The first-order chi connectivity index (χ1) is 24.3. The first-order valence-corrected chi connectivity index (χ1v) is 17.0. The van der Waals surface area contributed by atoms with E-state index < -0.39 is 43.2 Å². The van der Waals surface area contributed by atoms with E-state index in [0.717, 1.165) is 5.56 Å². The van der Waals surface area contributed by atoms with E-state index in [1.807, 2.05) is 30.3 Å². The van der Waals surface area contributed by atoms with Gasteiger partial charge in [0.15, 0.2) is 6.29 Å². The molecule has 50 heavy (non-hydrogen) atoms. The van der Waals surface area contributed by atoms with Gasteiger partial charge in [0.05, 0.1) is 92.3 Å². The average molecular weight is 718 g/mol. The number of benzene rings is 1. The molecule has 0 bridgehead atoms. The second kappa shape index (κ2) is 28.0. The van der Waals surface area contributed by atoms with Gasteiger partial charge in [-0.2, -0.15) is 0 Å². The summed E-state index contributed by atoms with van der Waals surface area (Å²) < 4.78 is 48.9. The molecule has 2 rings (SSSR count). The van der Waals surface area contributed by atoms with Crippen LogP contribution in [0.3, 0.4) is 0 Å². The van der Waals surface area contributed by atoms with Crippen molar-refractivity contribution in [3.8, 4) is 0 Å². The fourth-order valence-electron chi connectivity index (χ4n) is 4.57. The van der Waals surface area contributed by atoms with Gasteiger partial charge in [-0.05, 0) is 12.0 Å². The number of hydrogen-bond acceptors (Lipinski definition) is 15. The zero-order chi connectivity index (χ0) is 36.2. The van der Waals surface area contributed by atoms with E-state index in [1.54, 1.807) is 0 Å². The summed E-state index contributed by atoms with van der Waals surface area (Å²) in [4.78, 5) is 35.2. The molecule has 4 N–H and O–H groups in total. The maximum atomic E-state index is 12.1. The van der Waals surface area contributed by atoms with Gasteiger partial charge in [-0.25, -0.2) is 0 Å². The summed E-state index contributed by atoms with van der Waals surface area (Å²) in [5.74, 6) is -0.681. The smallest absolute Gasteiger partial charge is 0.308 e. The van der Waals surface area contributed by atoms with E-state index in [9.17, 15) is 29.7 Å². The van der Waals surface area contributed by atoms with E-state index in [1.165, 1.54) is 6.92 Å². The molecule has 1 aromatic rings. The van der Waals surface area contributed by atoms with E-state index in [2.05, 4.69) is 5.32 Å². The van der Waals surface area contributed by atoms with E-state index >= 15 is 0 Å². The number of amides is 1. The van der Waals surface area contributed by atoms with Crippen LogP contribution in [0, 0.1) is 0 Å². The van der Waals surface area contributed by atoms with Crippen LogP contribution in [0.2, 0.25) is 0 Å². The monoisotopic (exact) mass is 717 g/mol. The summed E-state index contributed by atoms with van der Waals surface area (Å²) in [5.41, 5.74) is 0.942. The number of ketones is 1. The molecule has 16 heteroatoms. The molecule has 0 saturated carbocycles. The molecule has 1 aliphatic rings. The number of nitrogens with one attached hydrogen (secondary N) is 1. The minimum absolute atomic E-state index is 0.0588. The Morgan fingerprint density at radius 3 is 1.82 bits per heavy atom. The molecule has 0 aliphatic carbocycles. The third-order valence-corrected chi connectivity index (χ3v) is 7.21. The number of esters is 1. The molecule has 1 aliphatic heterocycles. The summed E-state index contributed by atoms with van der Waals surface area (Å²) in [5, 5.41) is 32.2. The third-order valence-electron chi connectivity index (χ3n) is 7.21. The van der Waals surface area contributed by atoms with Crippen LogP contribution in [0.5, 0.6) is 0 Å². The fourth-order valence-corrected chi connectivity index (χ4v) is 4.57. The normalized spacial score (nSPS) is 20.4. The van der Waals surface area contributed by atoms with E-state index in [-0.39, 0.29) is 44.6 Å². The number of aliphatic hydroxyl groups excluding tert-OH is 3. The molecule has 286 valence electrons. The van der Waals surface area contributed by atoms with Crippen LogP contribution in [0.4, 0.5) is 0 Å². The topological polar surface area (TPSA) is 207 Å². The summed E-state index contributed by atoms with van der Waals surface area (Å²) in [6.07, 6.45) is -3.53. The largest absolute Gasteiger partial charge is 0.461 e. The van der Waals surface area contributed by atoms with Gasteiger partial charge in [0.25, 0.3) is 0 Å². The maximum Gasteiger partial charge on any atom is 0.308 e. The summed E-state index contributed by atoms with van der Waals surface area (Å²) >= 11 is 0. The van der Waals surface area contributed by atoms with Crippen molar-refractivity contribution in [3.05, 3.63) is 35.9 Å². The van der Waals surface area contributed by atoms with Gasteiger partial charge in [0.2, 0.25) is 5.91 Å². The van der Waals surface area contributed by atoms with Gasteiger partial charge in [0.1, 0.15) is 36.7 Å². The van der Waals surface area contributed by atoms with Crippen LogP contribution < -0.4 is 5.32 Å². The molecule has 1 heterocycles.